The molecule has 0 spiro atoms. The van der Waals surface area contributed by atoms with Crippen LogP contribution in [0.2, 0.25) is 0 Å². The van der Waals surface area contributed by atoms with Crippen molar-refractivity contribution in [1.29, 1.82) is 0 Å². The highest BCUT2D eigenvalue weighted by molar-refractivity contribution is 7.99. The molecule has 1 aliphatic carbocycles. The van der Waals surface area contributed by atoms with Crippen LogP contribution in [0.3, 0.4) is 0 Å². The predicted molar refractivity (Wildman–Crippen MR) is 83.3 cm³/mol. The fourth-order valence-corrected chi connectivity index (χ4v) is 3.96. The Labute approximate surface area is 121 Å². The largest absolute Gasteiger partial charge is 0.298 e. The van der Waals surface area contributed by atoms with Crippen molar-refractivity contribution in [2.24, 2.45) is 11.3 Å². The smallest absolute Gasteiger partial charge is 0.145 e. The Balaban J connectivity index is 1.93. The highest BCUT2D eigenvalue weighted by Gasteiger charge is 2.34. The number of thioether (sulfide) groups is 1. The summed E-state index contributed by atoms with van der Waals surface area (Å²) >= 11 is 1.83. The number of hydrogen-bond donors (Lipinski definition) is 0. The molecular weight excluding hydrogens is 252 g/mol. The topological polar surface area (TPSA) is 17.1 Å². The number of carbonyl (C=O) groups excluding carboxylic acids is 1. The van der Waals surface area contributed by atoms with Crippen LogP contribution in [-0.2, 0) is 10.5 Å². The monoisotopic (exact) mass is 276 g/mol. The van der Waals surface area contributed by atoms with Crippen LogP contribution >= 0.6 is 11.8 Å². The summed E-state index contributed by atoms with van der Waals surface area (Å²) < 4.78 is 0. The fourth-order valence-electron chi connectivity index (χ4n) is 2.70. The molecule has 0 bridgehead atoms. The summed E-state index contributed by atoms with van der Waals surface area (Å²) in [4.78, 5) is 12.1. The normalized spacial score (nSPS) is 24.5. The summed E-state index contributed by atoms with van der Waals surface area (Å²) in [6.45, 7) is 6.89. The minimum Gasteiger partial charge on any atom is -0.298 e. The summed E-state index contributed by atoms with van der Waals surface area (Å²) in [7, 11) is 0. The van der Waals surface area contributed by atoms with Gasteiger partial charge in [-0.2, -0.15) is 0 Å². The molecular formula is C17H24OS. The van der Waals surface area contributed by atoms with Gasteiger partial charge in [0.1, 0.15) is 5.78 Å². The Morgan fingerprint density at radius 3 is 2.53 bits per heavy atom. The molecule has 19 heavy (non-hydrogen) atoms. The van der Waals surface area contributed by atoms with Crippen LogP contribution in [0.1, 0.15) is 45.6 Å². The van der Waals surface area contributed by atoms with Gasteiger partial charge in [0.25, 0.3) is 0 Å². The maximum absolute atomic E-state index is 12.1. The number of carbonyl (C=O) groups is 1. The molecule has 0 aromatic heterocycles. The van der Waals surface area contributed by atoms with Gasteiger partial charge in [-0.15, -0.1) is 11.8 Å². The van der Waals surface area contributed by atoms with Crippen molar-refractivity contribution in [2.45, 2.75) is 51.0 Å². The first-order valence-corrected chi connectivity index (χ1v) is 8.20. The van der Waals surface area contributed by atoms with Gasteiger partial charge in [0.15, 0.2) is 0 Å². The van der Waals surface area contributed by atoms with Gasteiger partial charge in [0.05, 0.1) is 5.25 Å². The molecule has 0 amide bonds. The lowest BCUT2D eigenvalue weighted by Gasteiger charge is -2.36. The average molecular weight is 276 g/mol. The third-order valence-corrected chi connectivity index (χ3v) is 5.47. The summed E-state index contributed by atoms with van der Waals surface area (Å²) in [6, 6.07) is 10.5. The molecule has 0 N–H and O–H groups in total. The van der Waals surface area contributed by atoms with E-state index < -0.39 is 0 Å². The second-order valence-corrected chi connectivity index (χ2v) is 7.78. The van der Waals surface area contributed by atoms with Crippen LogP contribution in [0.4, 0.5) is 0 Å². The van der Waals surface area contributed by atoms with E-state index in [4.69, 9.17) is 0 Å². The Hall–Kier alpha value is -0.760. The van der Waals surface area contributed by atoms with Gasteiger partial charge in [-0.3, -0.25) is 4.79 Å². The number of ketones is 1. The molecule has 1 aromatic carbocycles. The van der Waals surface area contributed by atoms with Crippen LogP contribution in [0.15, 0.2) is 30.3 Å². The minimum atomic E-state index is 0.207. The van der Waals surface area contributed by atoms with E-state index in [1.807, 2.05) is 17.8 Å². The minimum absolute atomic E-state index is 0.207. The molecule has 1 aromatic rings. The third-order valence-electron chi connectivity index (χ3n) is 4.12. The first kappa shape index (κ1) is 14.6. The van der Waals surface area contributed by atoms with E-state index in [9.17, 15) is 4.79 Å². The molecule has 0 heterocycles. The summed E-state index contributed by atoms with van der Waals surface area (Å²) in [6.07, 6.45) is 2.90. The SMILES string of the molecule is CC(C)(C)C1CCC(=O)C(SCc2ccccc2)C1. The molecule has 0 saturated heterocycles. The van der Waals surface area contributed by atoms with Gasteiger partial charge in [-0.1, -0.05) is 51.1 Å². The zero-order valence-corrected chi connectivity index (χ0v) is 13.0. The van der Waals surface area contributed by atoms with Crippen LogP contribution in [0.25, 0.3) is 0 Å². The van der Waals surface area contributed by atoms with E-state index in [1.165, 1.54) is 5.56 Å². The third kappa shape index (κ3) is 4.10. The van der Waals surface area contributed by atoms with E-state index in [0.717, 1.165) is 25.0 Å². The molecule has 1 nitrogen and oxygen atoms in total. The molecule has 0 aliphatic heterocycles. The summed E-state index contributed by atoms with van der Waals surface area (Å²) in [5.41, 5.74) is 1.64. The molecule has 2 heteroatoms. The van der Waals surface area contributed by atoms with Gasteiger partial charge >= 0.3 is 0 Å². The van der Waals surface area contributed by atoms with Crippen LogP contribution < -0.4 is 0 Å². The molecule has 2 unspecified atom stereocenters. The lowest BCUT2D eigenvalue weighted by Crippen LogP contribution is -2.33. The predicted octanol–water partition coefficient (Wildman–Crippen LogP) is 4.70. The highest BCUT2D eigenvalue weighted by Crippen LogP contribution is 2.40. The Bertz CT molecular complexity index is 419. The van der Waals surface area contributed by atoms with Gasteiger partial charge in [-0.25, -0.2) is 0 Å². The number of hydrogen-bond acceptors (Lipinski definition) is 2. The number of benzene rings is 1. The quantitative estimate of drug-likeness (QED) is 0.795. The standard InChI is InChI=1S/C17H24OS/c1-17(2,3)14-9-10-15(18)16(11-14)19-12-13-7-5-4-6-8-13/h4-8,14,16H,9-12H2,1-3H3. The lowest BCUT2D eigenvalue weighted by molar-refractivity contribution is -0.121. The first-order valence-electron chi connectivity index (χ1n) is 7.15. The second-order valence-electron chi connectivity index (χ2n) is 6.59. The average Bonchev–Trinajstić information content (AvgIpc) is 2.37. The van der Waals surface area contributed by atoms with E-state index in [2.05, 4.69) is 45.0 Å². The van der Waals surface area contributed by atoms with Gasteiger partial charge in [0.2, 0.25) is 0 Å². The van der Waals surface area contributed by atoms with E-state index in [-0.39, 0.29) is 5.25 Å². The van der Waals surface area contributed by atoms with Gasteiger partial charge in [-0.05, 0) is 29.7 Å². The summed E-state index contributed by atoms with van der Waals surface area (Å²) in [5.74, 6) is 2.09. The zero-order chi connectivity index (χ0) is 13.9. The maximum atomic E-state index is 12.1. The molecule has 104 valence electrons. The molecule has 1 aliphatic rings. The molecule has 2 atom stereocenters. The number of Topliss-reactive ketones (excluding diaryl/α,β-unsaturated/α-hetero) is 1. The van der Waals surface area contributed by atoms with Crippen molar-refractivity contribution in [3.05, 3.63) is 35.9 Å². The Morgan fingerprint density at radius 1 is 1.21 bits per heavy atom. The van der Waals surface area contributed by atoms with Crippen molar-refractivity contribution in [1.82, 2.24) is 0 Å². The molecule has 2 rings (SSSR count). The van der Waals surface area contributed by atoms with Crippen molar-refractivity contribution >= 4 is 17.5 Å². The van der Waals surface area contributed by atoms with Crippen molar-refractivity contribution < 1.29 is 4.79 Å². The van der Waals surface area contributed by atoms with Crippen molar-refractivity contribution in [3.8, 4) is 0 Å². The van der Waals surface area contributed by atoms with Crippen LogP contribution in [0, 0.1) is 11.3 Å². The Kier molecular flexibility index (Phi) is 4.72. The highest BCUT2D eigenvalue weighted by atomic mass is 32.2. The Morgan fingerprint density at radius 2 is 1.89 bits per heavy atom. The van der Waals surface area contributed by atoms with Crippen molar-refractivity contribution in [2.75, 3.05) is 0 Å². The maximum Gasteiger partial charge on any atom is 0.145 e. The first-order chi connectivity index (χ1) is 8.97. The van der Waals surface area contributed by atoms with Crippen LogP contribution in [0.5, 0.6) is 0 Å². The second kappa shape index (κ2) is 6.13. The van der Waals surface area contributed by atoms with Crippen LogP contribution in [-0.4, -0.2) is 11.0 Å². The lowest BCUT2D eigenvalue weighted by atomic mass is 9.72. The summed E-state index contributed by atoms with van der Waals surface area (Å²) in [5, 5.41) is 0.207. The molecule has 0 radical (unpaired) electrons. The zero-order valence-electron chi connectivity index (χ0n) is 12.2. The molecule has 1 fully saturated rings. The van der Waals surface area contributed by atoms with E-state index >= 15 is 0 Å². The fraction of sp³-hybridized carbons (Fsp3) is 0.588. The van der Waals surface area contributed by atoms with Gasteiger partial charge < -0.3 is 0 Å². The van der Waals surface area contributed by atoms with Gasteiger partial charge in [0, 0.05) is 12.2 Å². The number of rotatable bonds is 3. The van der Waals surface area contributed by atoms with E-state index in [1.54, 1.807) is 0 Å². The van der Waals surface area contributed by atoms with Crippen molar-refractivity contribution in [3.63, 3.8) is 0 Å². The van der Waals surface area contributed by atoms with E-state index in [0.29, 0.717) is 17.1 Å². The molecule has 1 saturated carbocycles.